The second kappa shape index (κ2) is 8.97. The van der Waals surface area contributed by atoms with Crippen molar-refractivity contribution in [1.29, 1.82) is 0 Å². The van der Waals surface area contributed by atoms with Gasteiger partial charge in [-0.2, -0.15) is 0 Å². The molecule has 2 N–H and O–H groups in total. The summed E-state index contributed by atoms with van der Waals surface area (Å²) in [5.74, 6) is 0.974. The smallest absolute Gasteiger partial charge is 0.161 e. The maximum Gasteiger partial charge on any atom is 0.161 e. The van der Waals surface area contributed by atoms with Crippen LogP contribution in [0.4, 0.5) is 4.39 Å². The first-order valence-electron chi connectivity index (χ1n) is 8.51. The van der Waals surface area contributed by atoms with E-state index in [1.807, 2.05) is 36.4 Å². The fourth-order valence-electron chi connectivity index (χ4n) is 2.63. The number of ether oxygens (including phenoxy) is 2. The summed E-state index contributed by atoms with van der Waals surface area (Å²) in [6, 6.07) is 18.3. The highest BCUT2D eigenvalue weighted by atomic mass is 19.1. The fraction of sp³-hybridized carbons (Fsp3) is 0.190. The number of rotatable bonds is 8. The molecule has 0 atom stereocenters. The van der Waals surface area contributed by atoms with Crippen LogP contribution in [0.5, 0.6) is 11.5 Å². The van der Waals surface area contributed by atoms with Gasteiger partial charge in [-0.3, -0.25) is 4.98 Å². The average molecular weight is 353 g/mol. The number of nitrogens with zero attached hydrogens (tertiary/aromatic N) is 1. The van der Waals surface area contributed by atoms with Crippen LogP contribution in [0, 0.1) is 5.82 Å². The van der Waals surface area contributed by atoms with E-state index >= 15 is 0 Å². The van der Waals surface area contributed by atoms with Gasteiger partial charge in [-0.05, 0) is 36.4 Å². The molecule has 0 unspecified atom stereocenters. The highest BCUT2D eigenvalue weighted by Gasteiger charge is 2.09. The zero-order valence-electron chi connectivity index (χ0n) is 14.7. The number of hydrogen-bond acceptors (Lipinski definition) is 3. The number of methoxy groups -OCH3 is 1. The Morgan fingerprint density at radius 3 is 2.58 bits per heavy atom. The van der Waals surface area contributed by atoms with Crippen LogP contribution >= 0.6 is 0 Å². The Morgan fingerprint density at radius 2 is 1.81 bits per heavy atom. The van der Waals surface area contributed by atoms with E-state index in [1.165, 1.54) is 6.07 Å². The lowest BCUT2D eigenvalue weighted by Crippen LogP contribution is -2.80. The quantitative estimate of drug-likeness (QED) is 0.677. The monoisotopic (exact) mass is 353 g/mol. The van der Waals surface area contributed by atoms with Crippen LogP contribution in [-0.4, -0.2) is 12.1 Å². The van der Waals surface area contributed by atoms with E-state index in [0.717, 1.165) is 24.3 Å². The number of benzene rings is 2. The first kappa shape index (κ1) is 17.9. The number of pyridine rings is 1. The van der Waals surface area contributed by atoms with Gasteiger partial charge in [0, 0.05) is 17.3 Å². The molecule has 1 heterocycles. The molecule has 0 saturated heterocycles. The molecule has 3 aromatic rings. The summed E-state index contributed by atoms with van der Waals surface area (Å²) in [4.78, 5) is 4.31. The molecule has 3 rings (SSSR count). The number of halogens is 1. The first-order chi connectivity index (χ1) is 12.8. The molecule has 0 bridgehead atoms. The number of quaternary nitrogens is 1. The lowest BCUT2D eigenvalue weighted by molar-refractivity contribution is -0.686. The summed E-state index contributed by atoms with van der Waals surface area (Å²) in [5.41, 5.74) is 2.68. The molecular formula is C21H22FN2O2+. The molecule has 0 aliphatic rings. The van der Waals surface area contributed by atoms with Gasteiger partial charge in [0.2, 0.25) is 0 Å². The minimum Gasteiger partial charge on any atom is -0.493 e. The van der Waals surface area contributed by atoms with E-state index in [2.05, 4.69) is 10.3 Å². The molecule has 5 heteroatoms. The summed E-state index contributed by atoms with van der Waals surface area (Å²) in [6.45, 7) is 1.78. The SMILES string of the molecule is COc1cc(C[NH2+]Cc2ccccn2)ccc1OCc1ccccc1F. The number of aromatic nitrogens is 1. The van der Waals surface area contributed by atoms with Crippen molar-refractivity contribution >= 4 is 0 Å². The van der Waals surface area contributed by atoms with Crippen LogP contribution in [0.1, 0.15) is 16.8 Å². The predicted octanol–water partition coefficient (Wildman–Crippen LogP) is 3.07. The maximum atomic E-state index is 13.7. The van der Waals surface area contributed by atoms with Crippen LogP contribution in [-0.2, 0) is 19.7 Å². The lowest BCUT2D eigenvalue weighted by Gasteiger charge is -2.12. The molecule has 2 aromatic carbocycles. The van der Waals surface area contributed by atoms with Crippen molar-refractivity contribution in [3.8, 4) is 11.5 Å². The van der Waals surface area contributed by atoms with Gasteiger partial charge in [-0.1, -0.05) is 24.3 Å². The molecule has 0 aliphatic carbocycles. The molecule has 0 spiro atoms. The Labute approximate surface area is 152 Å². The maximum absolute atomic E-state index is 13.7. The van der Waals surface area contributed by atoms with Gasteiger partial charge in [-0.25, -0.2) is 4.39 Å². The molecule has 1 aromatic heterocycles. The van der Waals surface area contributed by atoms with Crippen molar-refractivity contribution in [1.82, 2.24) is 4.98 Å². The van der Waals surface area contributed by atoms with Gasteiger partial charge in [0.25, 0.3) is 0 Å². The first-order valence-corrected chi connectivity index (χ1v) is 8.51. The van der Waals surface area contributed by atoms with Crippen LogP contribution < -0.4 is 14.8 Å². The Hall–Kier alpha value is -2.92. The summed E-state index contributed by atoms with van der Waals surface area (Å²) in [6.07, 6.45) is 1.80. The molecule has 0 aliphatic heterocycles. The molecule has 0 fully saturated rings. The van der Waals surface area contributed by atoms with Gasteiger partial charge >= 0.3 is 0 Å². The van der Waals surface area contributed by atoms with E-state index in [-0.39, 0.29) is 12.4 Å². The third kappa shape index (κ3) is 4.80. The number of hydrogen-bond donors (Lipinski definition) is 1. The van der Waals surface area contributed by atoms with Crippen molar-refractivity contribution in [2.45, 2.75) is 19.7 Å². The highest BCUT2D eigenvalue weighted by Crippen LogP contribution is 2.28. The van der Waals surface area contributed by atoms with Crippen molar-refractivity contribution in [3.05, 3.63) is 89.5 Å². The summed E-state index contributed by atoms with van der Waals surface area (Å²) < 4.78 is 24.9. The van der Waals surface area contributed by atoms with Crippen LogP contribution in [0.25, 0.3) is 0 Å². The van der Waals surface area contributed by atoms with Gasteiger partial charge in [-0.15, -0.1) is 0 Å². The van der Waals surface area contributed by atoms with E-state index in [4.69, 9.17) is 9.47 Å². The van der Waals surface area contributed by atoms with Crippen molar-refractivity contribution < 1.29 is 19.2 Å². The third-order valence-corrected chi connectivity index (χ3v) is 4.03. The van der Waals surface area contributed by atoms with Gasteiger partial charge in [0.05, 0.1) is 12.8 Å². The molecule has 26 heavy (non-hydrogen) atoms. The second-order valence-corrected chi connectivity index (χ2v) is 5.88. The standard InChI is InChI=1S/C21H21FN2O2/c1-25-21-12-16(13-23-14-18-7-4-5-11-24-18)9-10-20(21)26-15-17-6-2-3-8-19(17)22/h2-12,23H,13-15H2,1H3/p+1. The zero-order valence-corrected chi connectivity index (χ0v) is 14.7. The highest BCUT2D eigenvalue weighted by molar-refractivity contribution is 5.42. The fourth-order valence-corrected chi connectivity index (χ4v) is 2.63. The number of nitrogens with two attached hydrogens (primary N) is 1. The van der Waals surface area contributed by atoms with Crippen molar-refractivity contribution in [2.75, 3.05) is 7.11 Å². The summed E-state index contributed by atoms with van der Waals surface area (Å²) >= 11 is 0. The van der Waals surface area contributed by atoms with E-state index in [1.54, 1.807) is 31.5 Å². The second-order valence-electron chi connectivity index (χ2n) is 5.88. The Morgan fingerprint density at radius 1 is 0.962 bits per heavy atom. The molecule has 134 valence electrons. The largest absolute Gasteiger partial charge is 0.493 e. The van der Waals surface area contributed by atoms with Crippen LogP contribution in [0.2, 0.25) is 0 Å². The molecule has 0 amide bonds. The minimum atomic E-state index is -0.271. The van der Waals surface area contributed by atoms with Crippen LogP contribution in [0.3, 0.4) is 0 Å². The molecule has 4 nitrogen and oxygen atoms in total. The summed E-state index contributed by atoms with van der Waals surface area (Å²) in [7, 11) is 1.60. The third-order valence-electron chi connectivity index (χ3n) is 4.03. The van der Waals surface area contributed by atoms with Gasteiger partial charge in [0.1, 0.15) is 25.5 Å². The van der Waals surface area contributed by atoms with Crippen molar-refractivity contribution in [3.63, 3.8) is 0 Å². The lowest BCUT2D eigenvalue weighted by atomic mass is 10.2. The van der Waals surface area contributed by atoms with E-state index < -0.39 is 0 Å². The van der Waals surface area contributed by atoms with Gasteiger partial charge in [0.15, 0.2) is 11.5 Å². The normalized spacial score (nSPS) is 10.5. The molecule has 0 radical (unpaired) electrons. The van der Waals surface area contributed by atoms with E-state index in [9.17, 15) is 4.39 Å². The van der Waals surface area contributed by atoms with Crippen molar-refractivity contribution in [2.24, 2.45) is 0 Å². The Kier molecular flexibility index (Phi) is 6.17. The molecular weight excluding hydrogens is 331 g/mol. The Balaban J connectivity index is 1.59. The Bertz CT molecular complexity index is 840. The summed E-state index contributed by atoms with van der Waals surface area (Å²) in [5, 5.41) is 2.18. The predicted molar refractivity (Wildman–Crippen MR) is 97.3 cm³/mol. The molecule has 0 saturated carbocycles. The van der Waals surface area contributed by atoms with Gasteiger partial charge < -0.3 is 14.8 Å². The van der Waals surface area contributed by atoms with Crippen LogP contribution in [0.15, 0.2) is 66.9 Å². The zero-order chi connectivity index (χ0) is 18.2. The van der Waals surface area contributed by atoms with E-state index in [0.29, 0.717) is 17.1 Å². The topological polar surface area (TPSA) is 48.0 Å². The average Bonchev–Trinajstić information content (AvgIpc) is 2.68. The minimum absolute atomic E-state index is 0.161.